The zero-order chi connectivity index (χ0) is 23.0. The van der Waals surface area contributed by atoms with E-state index in [1.54, 1.807) is 4.68 Å². The van der Waals surface area contributed by atoms with Crippen molar-refractivity contribution in [1.29, 1.82) is 0 Å². The lowest BCUT2D eigenvalue weighted by atomic mass is 9.92. The number of amides is 3. The first kappa shape index (κ1) is 22.0. The van der Waals surface area contributed by atoms with E-state index in [0.29, 0.717) is 36.0 Å². The first-order chi connectivity index (χ1) is 15.1. The molecule has 0 unspecified atom stereocenters. The predicted molar refractivity (Wildman–Crippen MR) is 126 cm³/mol. The summed E-state index contributed by atoms with van der Waals surface area (Å²) in [6.45, 7) is 9.16. The van der Waals surface area contributed by atoms with Gasteiger partial charge in [-0.2, -0.15) is 5.10 Å². The van der Waals surface area contributed by atoms with Crippen molar-refractivity contribution in [2.24, 2.45) is 5.73 Å². The van der Waals surface area contributed by atoms with Crippen molar-refractivity contribution in [1.82, 2.24) is 9.78 Å². The van der Waals surface area contributed by atoms with E-state index in [0.717, 1.165) is 27.4 Å². The Morgan fingerprint density at radius 3 is 2.56 bits per heavy atom. The van der Waals surface area contributed by atoms with Gasteiger partial charge in [-0.3, -0.25) is 15.4 Å². The van der Waals surface area contributed by atoms with Gasteiger partial charge >= 0.3 is 6.03 Å². The minimum Gasteiger partial charge on any atom is -0.376 e. The van der Waals surface area contributed by atoms with Gasteiger partial charge in [-0.1, -0.05) is 38.5 Å². The van der Waals surface area contributed by atoms with E-state index in [1.165, 1.54) is 11.3 Å². The van der Waals surface area contributed by atoms with Crippen LogP contribution < -0.4 is 16.4 Å². The van der Waals surface area contributed by atoms with Gasteiger partial charge in [0.2, 0.25) is 0 Å². The molecule has 0 radical (unpaired) electrons. The van der Waals surface area contributed by atoms with Gasteiger partial charge in [0, 0.05) is 16.4 Å². The van der Waals surface area contributed by atoms with Crippen molar-refractivity contribution in [2.75, 3.05) is 17.2 Å². The molecule has 2 aromatic heterocycles. The lowest BCUT2D eigenvalue weighted by Crippen LogP contribution is -2.23. The molecule has 0 spiro atoms. The first-order valence-electron chi connectivity index (χ1n) is 10.4. The third kappa shape index (κ3) is 4.39. The molecule has 0 saturated heterocycles. The number of hydrogen-bond donors (Lipinski definition) is 3. The molecule has 9 heteroatoms. The Kier molecular flexibility index (Phi) is 5.79. The minimum absolute atomic E-state index is 0.200. The number of urea groups is 1. The van der Waals surface area contributed by atoms with E-state index in [1.807, 2.05) is 37.3 Å². The van der Waals surface area contributed by atoms with Crippen LogP contribution in [0.3, 0.4) is 0 Å². The number of nitrogens with one attached hydrogen (secondary N) is 2. The quantitative estimate of drug-likeness (QED) is 0.545. The maximum Gasteiger partial charge on any atom is 0.325 e. The molecule has 8 nitrogen and oxygen atoms in total. The Labute approximate surface area is 190 Å². The summed E-state index contributed by atoms with van der Waals surface area (Å²) in [6.07, 6.45) is 0.600. The van der Waals surface area contributed by atoms with Crippen molar-refractivity contribution in [3.8, 4) is 5.69 Å². The number of aryl methyl sites for hydroxylation is 1. The summed E-state index contributed by atoms with van der Waals surface area (Å²) in [5.74, 6) is -0.0269. The lowest BCUT2D eigenvalue weighted by molar-refractivity contribution is 0.0991. The van der Waals surface area contributed by atoms with Crippen LogP contribution in [-0.4, -0.2) is 28.3 Å². The third-order valence-electron chi connectivity index (χ3n) is 5.29. The third-order valence-corrected chi connectivity index (χ3v) is 6.41. The van der Waals surface area contributed by atoms with Crippen LogP contribution in [0.5, 0.6) is 0 Å². The number of anilines is 2. The molecule has 0 atom stereocenters. The molecule has 1 aliphatic rings. The van der Waals surface area contributed by atoms with Gasteiger partial charge in [0.25, 0.3) is 5.91 Å². The van der Waals surface area contributed by atoms with Gasteiger partial charge in [0.1, 0.15) is 10.8 Å². The van der Waals surface area contributed by atoms with E-state index in [9.17, 15) is 9.59 Å². The summed E-state index contributed by atoms with van der Waals surface area (Å²) < 4.78 is 7.18. The second-order valence-corrected chi connectivity index (χ2v) is 9.97. The summed E-state index contributed by atoms with van der Waals surface area (Å²) >= 11 is 1.32. The summed E-state index contributed by atoms with van der Waals surface area (Å²) in [4.78, 5) is 25.9. The predicted octanol–water partition coefficient (Wildman–Crippen LogP) is 4.36. The maximum atomic E-state index is 12.9. The number of rotatable bonds is 4. The molecule has 3 aromatic rings. The van der Waals surface area contributed by atoms with Crippen LogP contribution in [0, 0.1) is 6.92 Å². The molecular formula is C23H27N5O3S. The lowest BCUT2D eigenvalue weighted by Gasteiger charge is -2.14. The molecule has 0 bridgehead atoms. The van der Waals surface area contributed by atoms with Crippen molar-refractivity contribution in [3.05, 3.63) is 57.6 Å². The fourth-order valence-corrected chi connectivity index (χ4v) is 4.74. The fourth-order valence-electron chi connectivity index (χ4n) is 3.55. The second kappa shape index (κ2) is 8.40. The zero-order valence-corrected chi connectivity index (χ0v) is 19.4. The first-order valence-corrected chi connectivity index (χ1v) is 11.2. The molecule has 32 heavy (non-hydrogen) atoms. The van der Waals surface area contributed by atoms with Crippen LogP contribution in [0.2, 0.25) is 0 Å². The number of nitrogens with two attached hydrogens (primary N) is 1. The van der Waals surface area contributed by atoms with Crippen molar-refractivity contribution in [3.63, 3.8) is 0 Å². The van der Waals surface area contributed by atoms with Crippen LogP contribution in [-0.2, 0) is 23.2 Å². The monoisotopic (exact) mass is 453 g/mol. The molecule has 4 rings (SSSR count). The molecule has 1 aliphatic heterocycles. The molecular weight excluding hydrogens is 426 g/mol. The van der Waals surface area contributed by atoms with E-state index in [2.05, 4.69) is 31.4 Å². The molecule has 4 N–H and O–H groups in total. The van der Waals surface area contributed by atoms with Crippen LogP contribution in [0.25, 0.3) is 5.69 Å². The molecule has 1 aromatic carbocycles. The Bertz CT molecular complexity index is 1170. The SMILES string of the molecule is Cc1ccc(-n2nc(C(C)(C)C)cc2NC(=O)Nc2sc3c(c2C(N)=O)CCOC3)cc1. The Morgan fingerprint density at radius 1 is 1.19 bits per heavy atom. The highest BCUT2D eigenvalue weighted by Gasteiger charge is 2.26. The Balaban J connectivity index is 1.64. The van der Waals surface area contributed by atoms with E-state index < -0.39 is 11.9 Å². The summed E-state index contributed by atoms with van der Waals surface area (Å²) in [5.41, 5.74) is 9.46. The largest absolute Gasteiger partial charge is 0.376 e. The average molecular weight is 454 g/mol. The molecule has 3 heterocycles. The number of benzene rings is 1. The van der Waals surface area contributed by atoms with E-state index in [4.69, 9.17) is 15.6 Å². The molecule has 0 aliphatic carbocycles. The topological polar surface area (TPSA) is 111 Å². The zero-order valence-electron chi connectivity index (χ0n) is 18.6. The number of primary amides is 1. The van der Waals surface area contributed by atoms with Crippen molar-refractivity contribution < 1.29 is 14.3 Å². The van der Waals surface area contributed by atoms with Gasteiger partial charge in [-0.15, -0.1) is 11.3 Å². The van der Waals surface area contributed by atoms with Crippen molar-refractivity contribution in [2.45, 2.75) is 46.1 Å². The van der Waals surface area contributed by atoms with Gasteiger partial charge in [0.15, 0.2) is 0 Å². The minimum atomic E-state index is -0.556. The van der Waals surface area contributed by atoms with Gasteiger partial charge in [-0.05, 0) is 31.0 Å². The van der Waals surface area contributed by atoms with Crippen molar-refractivity contribution >= 4 is 34.1 Å². The Morgan fingerprint density at radius 2 is 1.91 bits per heavy atom. The number of carbonyl (C=O) groups is 2. The normalized spacial score (nSPS) is 13.5. The maximum absolute atomic E-state index is 12.9. The number of ether oxygens (including phenoxy) is 1. The number of hydrogen-bond acceptors (Lipinski definition) is 5. The summed E-state index contributed by atoms with van der Waals surface area (Å²) in [5, 5.41) is 10.8. The van der Waals surface area contributed by atoms with Crippen LogP contribution >= 0.6 is 11.3 Å². The highest BCUT2D eigenvalue weighted by atomic mass is 32.1. The molecule has 3 amide bonds. The van der Waals surface area contributed by atoms with Gasteiger partial charge in [-0.25, -0.2) is 9.48 Å². The number of aromatic nitrogens is 2. The van der Waals surface area contributed by atoms with Gasteiger partial charge in [0.05, 0.1) is 30.2 Å². The molecule has 0 saturated carbocycles. The average Bonchev–Trinajstić information content (AvgIpc) is 3.29. The highest BCUT2D eigenvalue weighted by Crippen LogP contribution is 2.36. The van der Waals surface area contributed by atoms with Crippen LogP contribution in [0.4, 0.5) is 15.6 Å². The second-order valence-electron chi connectivity index (χ2n) is 8.87. The smallest absolute Gasteiger partial charge is 0.325 e. The standard InChI is InChI=1S/C23H27N5O3S/c1-13-5-7-14(8-6-13)28-18(11-17(27-28)23(2,3)4)25-22(30)26-21-19(20(24)29)15-9-10-31-12-16(15)32-21/h5-8,11H,9-10,12H2,1-4H3,(H2,24,29)(H2,25,26,30). The number of nitrogens with zero attached hydrogens (tertiary/aromatic N) is 2. The molecule has 0 fully saturated rings. The summed E-state index contributed by atoms with van der Waals surface area (Å²) in [6, 6.07) is 9.29. The number of carbonyl (C=O) groups excluding carboxylic acids is 2. The van der Waals surface area contributed by atoms with Crippen LogP contribution in [0.15, 0.2) is 30.3 Å². The van der Waals surface area contributed by atoms with Crippen LogP contribution in [0.1, 0.15) is 52.8 Å². The Hall–Kier alpha value is -3.17. The number of fused-ring (bicyclic) bond motifs is 1. The highest BCUT2D eigenvalue weighted by molar-refractivity contribution is 7.17. The number of thiophene rings is 1. The van der Waals surface area contributed by atoms with E-state index in [-0.39, 0.29) is 5.41 Å². The van der Waals surface area contributed by atoms with Gasteiger partial charge < -0.3 is 10.5 Å². The fraction of sp³-hybridized carbons (Fsp3) is 0.348. The molecule has 168 valence electrons. The van der Waals surface area contributed by atoms with E-state index >= 15 is 0 Å². The summed E-state index contributed by atoms with van der Waals surface area (Å²) in [7, 11) is 0.